The van der Waals surface area contributed by atoms with E-state index in [9.17, 15) is 9.90 Å². The molecule has 0 saturated heterocycles. The van der Waals surface area contributed by atoms with Crippen molar-refractivity contribution in [2.24, 2.45) is 5.41 Å². The monoisotopic (exact) mass is 310 g/mol. The number of hydrogen-bond acceptors (Lipinski definition) is 1. The van der Waals surface area contributed by atoms with Crippen LogP contribution < -0.4 is 0 Å². The van der Waals surface area contributed by atoms with Gasteiger partial charge >= 0.3 is 5.97 Å². The maximum absolute atomic E-state index is 11.7. The molecular weight excluding hydrogens is 292 g/mol. The van der Waals surface area contributed by atoms with E-state index >= 15 is 0 Å². The minimum absolute atomic E-state index is 0.555. The standard InChI is InChI=1S/C15H19BrO2/c16-13-8-4-3-7-12(13)11-15(14(17)18)9-5-1-2-6-10-15/h3-4,7-8H,1-2,5-6,9-11H2,(H,17,18). The fraction of sp³-hybridized carbons (Fsp3) is 0.533. The fourth-order valence-electron chi connectivity index (χ4n) is 2.88. The number of hydrogen-bond donors (Lipinski definition) is 1. The Labute approximate surface area is 117 Å². The zero-order chi connectivity index (χ0) is 13.0. The van der Waals surface area contributed by atoms with Gasteiger partial charge < -0.3 is 5.11 Å². The Kier molecular flexibility index (Phi) is 4.44. The summed E-state index contributed by atoms with van der Waals surface area (Å²) in [5.41, 5.74) is 0.558. The fourth-order valence-corrected chi connectivity index (χ4v) is 3.30. The number of carboxylic acids is 1. The number of benzene rings is 1. The lowest BCUT2D eigenvalue weighted by Crippen LogP contribution is -2.33. The van der Waals surface area contributed by atoms with E-state index in [1.807, 2.05) is 24.3 Å². The minimum Gasteiger partial charge on any atom is -0.481 e. The summed E-state index contributed by atoms with van der Waals surface area (Å²) in [6.45, 7) is 0. The molecule has 0 bridgehead atoms. The highest BCUT2D eigenvalue weighted by molar-refractivity contribution is 9.10. The van der Waals surface area contributed by atoms with Gasteiger partial charge in [0.15, 0.2) is 0 Å². The van der Waals surface area contributed by atoms with Gasteiger partial charge in [0, 0.05) is 4.47 Å². The third-order valence-electron chi connectivity index (χ3n) is 4.00. The van der Waals surface area contributed by atoms with E-state index in [1.54, 1.807) is 0 Å². The molecule has 0 aromatic heterocycles. The zero-order valence-electron chi connectivity index (χ0n) is 10.5. The molecule has 0 spiro atoms. The first-order valence-electron chi connectivity index (χ1n) is 6.61. The van der Waals surface area contributed by atoms with Crippen molar-refractivity contribution >= 4 is 21.9 Å². The van der Waals surface area contributed by atoms with E-state index in [2.05, 4.69) is 15.9 Å². The molecule has 0 amide bonds. The van der Waals surface area contributed by atoms with Gasteiger partial charge in [0.2, 0.25) is 0 Å². The van der Waals surface area contributed by atoms with Crippen molar-refractivity contribution in [3.05, 3.63) is 34.3 Å². The normalized spacial score (nSPS) is 19.2. The molecule has 0 aliphatic heterocycles. The Bertz CT molecular complexity index is 420. The molecule has 2 rings (SSSR count). The number of carboxylic acid groups (broad SMARTS) is 1. The molecule has 1 saturated carbocycles. The van der Waals surface area contributed by atoms with Crippen molar-refractivity contribution in [2.45, 2.75) is 44.9 Å². The third-order valence-corrected chi connectivity index (χ3v) is 4.77. The van der Waals surface area contributed by atoms with Crippen LogP contribution in [0.4, 0.5) is 0 Å². The number of aliphatic carboxylic acids is 1. The minimum atomic E-state index is -0.625. The molecule has 1 aliphatic rings. The maximum atomic E-state index is 11.7. The quantitative estimate of drug-likeness (QED) is 0.839. The van der Waals surface area contributed by atoms with Gasteiger partial charge in [-0.1, -0.05) is 59.8 Å². The van der Waals surface area contributed by atoms with E-state index in [1.165, 1.54) is 12.8 Å². The molecule has 1 N–H and O–H groups in total. The summed E-state index contributed by atoms with van der Waals surface area (Å²) >= 11 is 3.52. The molecule has 0 atom stereocenters. The Morgan fingerprint density at radius 2 is 1.78 bits per heavy atom. The van der Waals surface area contributed by atoms with Crippen molar-refractivity contribution < 1.29 is 9.90 Å². The van der Waals surface area contributed by atoms with Crippen molar-refractivity contribution in [3.8, 4) is 0 Å². The summed E-state index contributed by atoms with van der Waals surface area (Å²) in [4.78, 5) is 11.7. The molecule has 0 heterocycles. The number of halogens is 1. The van der Waals surface area contributed by atoms with Crippen molar-refractivity contribution in [1.29, 1.82) is 0 Å². The van der Waals surface area contributed by atoms with E-state index in [-0.39, 0.29) is 0 Å². The van der Waals surface area contributed by atoms with Crippen LogP contribution in [0, 0.1) is 5.41 Å². The maximum Gasteiger partial charge on any atom is 0.309 e. The van der Waals surface area contributed by atoms with Gasteiger partial charge in [0.25, 0.3) is 0 Å². The van der Waals surface area contributed by atoms with Crippen LogP contribution in [0.1, 0.15) is 44.1 Å². The van der Waals surface area contributed by atoms with Crippen LogP contribution >= 0.6 is 15.9 Å². The van der Waals surface area contributed by atoms with Crippen LogP contribution in [0.15, 0.2) is 28.7 Å². The van der Waals surface area contributed by atoms with E-state index in [0.717, 1.165) is 35.7 Å². The lowest BCUT2D eigenvalue weighted by molar-refractivity contribution is -0.149. The molecule has 1 fully saturated rings. The molecular formula is C15H19BrO2. The Balaban J connectivity index is 2.25. The molecule has 0 unspecified atom stereocenters. The second-order valence-electron chi connectivity index (χ2n) is 5.27. The average molecular weight is 311 g/mol. The van der Waals surface area contributed by atoms with Gasteiger partial charge in [0.05, 0.1) is 5.41 Å². The van der Waals surface area contributed by atoms with Crippen LogP contribution in [-0.2, 0) is 11.2 Å². The Morgan fingerprint density at radius 1 is 1.17 bits per heavy atom. The summed E-state index contributed by atoms with van der Waals surface area (Å²) < 4.78 is 1.02. The van der Waals surface area contributed by atoms with Crippen LogP contribution in [0.25, 0.3) is 0 Å². The van der Waals surface area contributed by atoms with Crippen LogP contribution in [-0.4, -0.2) is 11.1 Å². The van der Waals surface area contributed by atoms with E-state index in [0.29, 0.717) is 6.42 Å². The molecule has 3 heteroatoms. The van der Waals surface area contributed by atoms with Gasteiger partial charge in [-0.25, -0.2) is 0 Å². The Hall–Kier alpha value is -0.830. The lowest BCUT2D eigenvalue weighted by atomic mass is 9.75. The summed E-state index contributed by atoms with van der Waals surface area (Å²) in [6.07, 6.45) is 6.68. The average Bonchev–Trinajstić information content (AvgIpc) is 2.59. The molecule has 1 aromatic rings. The van der Waals surface area contributed by atoms with Gasteiger partial charge in [-0.3, -0.25) is 4.79 Å². The van der Waals surface area contributed by atoms with Crippen LogP contribution in [0.3, 0.4) is 0 Å². The predicted octanol–water partition coefficient (Wildman–Crippen LogP) is 4.42. The second-order valence-corrected chi connectivity index (χ2v) is 6.12. The molecule has 18 heavy (non-hydrogen) atoms. The summed E-state index contributed by atoms with van der Waals surface area (Å²) in [5.74, 6) is -0.625. The highest BCUT2D eigenvalue weighted by Crippen LogP contribution is 2.39. The third kappa shape index (κ3) is 2.94. The largest absolute Gasteiger partial charge is 0.481 e. The topological polar surface area (TPSA) is 37.3 Å². The Morgan fingerprint density at radius 3 is 2.33 bits per heavy atom. The number of rotatable bonds is 3. The van der Waals surface area contributed by atoms with Gasteiger partial charge in [-0.15, -0.1) is 0 Å². The van der Waals surface area contributed by atoms with E-state index in [4.69, 9.17) is 0 Å². The van der Waals surface area contributed by atoms with Crippen molar-refractivity contribution in [3.63, 3.8) is 0 Å². The van der Waals surface area contributed by atoms with Crippen molar-refractivity contribution in [1.82, 2.24) is 0 Å². The molecule has 0 radical (unpaired) electrons. The summed E-state index contributed by atoms with van der Waals surface area (Å²) in [5, 5.41) is 9.65. The molecule has 2 nitrogen and oxygen atoms in total. The SMILES string of the molecule is O=C(O)C1(Cc2ccccc2Br)CCCCCC1. The molecule has 1 aromatic carbocycles. The second kappa shape index (κ2) is 5.87. The first-order chi connectivity index (χ1) is 8.64. The smallest absolute Gasteiger partial charge is 0.309 e. The first kappa shape index (κ1) is 13.6. The number of carbonyl (C=O) groups is 1. The summed E-state index contributed by atoms with van der Waals surface area (Å²) in [7, 11) is 0. The van der Waals surface area contributed by atoms with Gasteiger partial charge in [-0.2, -0.15) is 0 Å². The van der Waals surface area contributed by atoms with Crippen molar-refractivity contribution in [2.75, 3.05) is 0 Å². The first-order valence-corrected chi connectivity index (χ1v) is 7.40. The van der Waals surface area contributed by atoms with Crippen LogP contribution in [0.5, 0.6) is 0 Å². The zero-order valence-corrected chi connectivity index (χ0v) is 12.1. The summed E-state index contributed by atoms with van der Waals surface area (Å²) in [6, 6.07) is 7.96. The highest BCUT2D eigenvalue weighted by atomic mass is 79.9. The highest BCUT2D eigenvalue weighted by Gasteiger charge is 2.38. The predicted molar refractivity (Wildman–Crippen MR) is 75.6 cm³/mol. The van der Waals surface area contributed by atoms with Crippen LogP contribution in [0.2, 0.25) is 0 Å². The molecule has 1 aliphatic carbocycles. The molecule has 98 valence electrons. The van der Waals surface area contributed by atoms with Gasteiger partial charge in [0.1, 0.15) is 0 Å². The van der Waals surface area contributed by atoms with E-state index < -0.39 is 11.4 Å². The van der Waals surface area contributed by atoms with Gasteiger partial charge in [-0.05, 0) is 30.9 Å². The lowest BCUT2D eigenvalue weighted by Gasteiger charge is -2.28.